The molecule has 0 saturated carbocycles. The van der Waals surface area contributed by atoms with E-state index in [1.165, 1.54) is 28.2 Å². The second-order valence-electron chi connectivity index (χ2n) is 10.3. The van der Waals surface area contributed by atoms with Gasteiger partial charge in [-0.3, -0.25) is 9.78 Å². The zero-order chi connectivity index (χ0) is 24.9. The summed E-state index contributed by atoms with van der Waals surface area (Å²) in [5.41, 5.74) is 4.16. The van der Waals surface area contributed by atoms with Gasteiger partial charge in [0.05, 0.1) is 6.20 Å². The number of aromatic nitrogens is 5. The number of anilines is 2. The lowest BCUT2D eigenvalue weighted by Gasteiger charge is -2.21. The highest BCUT2D eigenvalue weighted by molar-refractivity contribution is 5.77. The van der Waals surface area contributed by atoms with Crippen molar-refractivity contribution in [1.82, 2.24) is 29.6 Å². The molecule has 1 aliphatic rings. The van der Waals surface area contributed by atoms with Gasteiger partial charge in [-0.15, -0.1) is 0 Å². The second kappa shape index (κ2) is 8.57. The molecule has 0 spiro atoms. The Morgan fingerprint density at radius 2 is 1.91 bits per heavy atom. The fraction of sp³-hybridized carbons (Fsp3) is 0.385. The van der Waals surface area contributed by atoms with Crippen LogP contribution in [0.4, 0.5) is 16.0 Å². The summed E-state index contributed by atoms with van der Waals surface area (Å²) < 4.78 is 18.2. The lowest BCUT2D eigenvalue weighted by atomic mass is 9.91. The third-order valence-corrected chi connectivity index (χ3v) is 6.29. The molecule has 0 radical (unpaired) electrons. The second-order valence-corrected chi connectivity index (χ2v) is 10.3. The van der Waals surface area contributed by atoms with Crippen molar-refractivity contribution in [2.45, 2.75) is 59.0 Å². The van der Waals surface area contributed by atoms with Gasteiger partial charge in [0, 0.05) is 35.6 Å². The van der Waals surface area contributed by atoms with E-state index in [4.69, 9.17) is 0 Å². The van der Waals surface area contributed by atoms with Crippen molar-refractivity contribution in [2.24, 2.45) is 0 Å². The summed E-state index contributed by atoms with van der Waals surface area (Å²) >= 11 is 0. The van der Waals surface area contributed by atoms with Crippen LogP contribution in [0.2, 0.25) is 0 Å². The summed E-state index contributed by atoms with van der Waals surface area (Å²) in [5, 5.41) is 6.96. The molecule has 2 N–H and O–H groups in total. The van der Waals surface area contributed by atoms with Crippen LogP contribution in [0.25, 0.3) is 16.7 Å². The van der Waals surface area contributed by atoms with Crippen molar-refractivity contribution in [3.8, 4) is 5.69 Å². The smallest absolute Gasteiger partial charge is 0.278 e. The molecule has 0 bridgehead atoms. The van der Waals surface area contributed by atoms with Crippen molar-refractivity contribution < 1.29 is 4.39 Å². The summed E-state index contributed by atoms with van der Waals surface area (Å²) in [6.07, 6.45) is 3.67. The first kappa shape index (κ1) is 23.2. The average Bonchev–Trinajstić information content (AvgIpc) is 3.10. The van der Waals surface area contributed by atoms with E-state index in [-0.39, 0.29) is 22.7 Å². The lowest BCUT2D eigenvalue weighted by molar-refractivity contribution is 0.463. The zero-order valence-corrected chi connectivity index (χ0v) is 20.7. The monoisotopic (exact) mass is 475 g/mol. The van der Waals surface area contributed by atoms with Crippen LogP contribution in [0.3, 0.4) is 0 Å². The topological polar surface area (TPSA) is 89.7 Å². The van der Waals surface area contributed by atoms with Gasteiger partial charge in [-0.05, 0) is 56.1 Å². The van der Waals surface area contributed by atoms with E-state index in [1.807, 2.05) is 40.7 Å². The van der Waals surface area contributed by atoms with Crippen LogP contribution in [0.15, 0.2) is 41.5 Å². The maximum absolute atomic E-state index is 15.2. The Morgan fingerprint density at radius 3 is 2.66 bits per heavy atom. The standard InChI is InChI=1S/C26H30FN7O/c1-15(2)33-24(35)19-13-30-25(31-18-7-6-17-12-28-9-8-16(17)10-18)32-23(19)34(33)21-11-22(26(3,4)5)29-14-20(21)27/h6-7,10-11,13-15,28H,8-9,12H2,1-5H3,(H,30,31,32). The predicted octanol–water partition coefficient (Wildman–Crippen LogP) is 4.38. The molecule has 9 heteroatoms. The molecule has 0 atom stereocenters. The Labute approximate surface area is 203 Å². The van der Waals surface area contributed by atoms with E-state index < -0.39 is 5.82 Å². The third kappa shape index (κ3) is 4.20. The first-order chi connectivity index (χ1) is 16.6. The number of hydrogen-bond donors (Lipinski definition) is 2. The van der Waals surface area contributed by atoms with E-state index in [1.54, 1.807) is 10.7 Å². The van der Waals surface area contributed by atoms with Gasteiger partial charge in [-0.2, -0.15) is 4.98 Å². The van der Waals surface area contributed by atoms with Crippen LogP contribution in [0.1, 0.15) is 57.5 Å². The number of pyridine rings is 1. The van der Waals surface area contributed by atoms with Gasteiger partial charge in [0.1, 0.15) is 11.1 Å². The highest BCUT2D eigenvalue weighted by Crippen LogP contribution is 2.27. The van der Waals surface area contributed by atoms with Crippen molar-refractivity contribution in [1.29, 1.82) is 0 Å². The highest BCUT2D eigenvalue weighted by atomic mass is 19.1. The third-order valence-electron chi connectivity index (χ3n) is 6.29. The average molecular weight is 476 g/mol. The van der Waals surface area contributed by atoms with Crippen LogP contribution < -0.4 is 16.2 Å². The number of hydrogen-bond acceptors (Lipinski definition) is 6. The molecular weight excluding hydrogens is 445 g/mol. The highest BCUT2D eigenvalue weighted by Gasteiger charge is 2.24. The summed E-state index contributed by atoms with van der Waals surface area (Å²) in [6.45, 7) is 11.6. The Morgan fingerprint density at radius 1 is 1.11 bits per heavy atom. The summed E-state index contributed by atoms with van der Waals surface area (Å²) in [4.78, 5) is 26.6. The molecule has 5 rings (SSSR count). The van der Waals surface area contributed by atoms with Crippen LogP contribution in [-0.4, -0.2) is 30.9 Å². The summed E-state index contributed by atoms with van der Waals surface area (Å²) in [5.74, 6) is -0.188. The van der Waals surface area contributed by atoms with E-state index >= 15 is 4.39 Å². The van der Waals surface area contributed by atoms with Crippen molar-refractivity contribution in [2.75, 3.05) is 11.9 Å². The number of nitrogens with one attached hydrogen (secondary N) is 2. The Balaban J connectivity index is 1.66. The fourth-order valence-electron chi connectivity index (χ4n) is 4.44. The SMILES string of the molecule is CC(C)n1c(=O)c2cnc(Nc3ccc4c(c3)CCNC4)nc2n1-c1cc(C(C)(C)C)ncc1F. The largest absolute Gasteiger partial charge is 0.324 e. The molecule has 1 aromatic carbocycles. The first-order valence-corrected chi connectivity index (χ1v) is 11.9. The maximum Gasteiger partial charge on any atom is 0.278 e. The molecule has 0 saturated heterocycles. The number of fused-ring (bicyclic) bond motifs is 2. The van der Waals surface area contributed by atoms with Crippen LogP contribution in [0.5, 0.6) is 0 Å². The molecule has 1 aliphatic heterocycles. The lowest BCUT2D eigenvalue weighted by Crippen LogP contribution is -2.25. The summed E-state index contributed by atoms with van der Waals surface area (Å²) in [7, 11) is 0. The minimum atomic E-state index is -0.527. The molecule has 182 valence electrons. The molecule has 0 aliphatic carbocycles. The van der Waals surface area contributed by atoms with Gasteiger partial charge in [0.25, 0.3) is 5.56 Å². The number of rotatable bonds is 4. The number of benzene rings is 1. The van der Waals surface area contributed by atoms with Crippen LogP contribution in [0, 0.1) is 5.82 Å². The van der Waals surface area contributed by atoms with Gasteiger partial charge in [-0.25, -0.2) is 18.7 Å². The quantitative estimate of drug-likeness (QED) is 0.455. The van der Waals surface area contributed by atoms with E-state index in [2.05, 4.69) is 37.7 Å². The minimum absolute atomic E-state index is 0.229. The molecule has 35 heavy (non-hydrogen) atoms. The summed E-state index contributed by atoms with van der Waals surface area (Å²) in [6, 6.07) is 7.65. The molecule has 3 aromatic heterocycles. The Bertz CT molecular complexity index is 1480. The number of nitrogens with zero attached hydrogens (tertiary/aromatic N) is 5. The zero-order valence-electron chi connectivity index (χ0n) is 20.7. The van der Waals surface area contributed by atoms with Gasteiger partial charge in [0.15, 0.2) is 11.5 Å². The first-order valence-electron chi connectivity index (χ1n) is 11.9. The van der Waals surface area contributed by atoms with E-state index in [0.717, 1.165) is 30.9 Å². The van der Waals surface area contributed by atoms with Gasteiger partial charge in [0.2, 0.25) is 5.95 Å². The molecule has 4 heterocycles. The minimum Gasteiger partial charge on any atom is -0.324 e. The molecule has 0 fully saturated rings. The molecule has 0 amide bonds. The predicted molar refractivity (Wildman–Crippen MR) is 135 cm³/mol. The van der Waals surface area contributed by atoms with Crippen molar-refractivity contribution in [3.05, 3.63) is 69.7 Å². The van der Waals surface area contributed by atoms with Crippen LogP contribution in [-0.2, 0) is 18.4 Å². The Kier molecular flexibility index (Phi) is 5.67. The molecule has 4 aromatic rings. The van der Waals surface area contributed by atoms with Crippen molar-refractivity contribution in [3.63, 3.8) is 0 Å². The Hall–Kier alpha value is -3.59. The number of halogens is 1. The van der Waals surface area contributed by atoms with Crippen molar-refractivity contribution >= 4 is 22.7 Å². The maximum atomic E-state index is 15.2. The van der Waals surface area contributed by atoms with E-state index in [0.29, 0.717) is 17.0 Å². The van der Waals surface area contributed by atoms with Gasteiger partial charge in [-0.1, -0.05) is 26.8 Å². The normalized spacial score (nSPS) is 13.9. The molecular formula is C26H30FN7O. The van der Waals surface area contributed by atoms with E-state index in [9.17, 15) is 4.79 Å². The fourth-order valence-corrected chi connectivity index (χ4v) is 4.44. The van der Waals surface area contributed by atoms with Gasteiger partial charge >= 0.3 is 0 Å². The molecule has 0 unspecified atom stereocenters. The molecule has 8 nitrogen and oxygen atoms in total. The van der Waals surface area contributed by atoms with Crippen LogP contribution >= 0.6 is 0 Å². The van der Waals surface area contributed by atoms with Gasteiger partial charge < -0.3 is 10.6 Å².